The largest absolute Gasteiger partial charge is 0.384 e. The fourth-order valence-corrected chi connectivity index (χ4v) is 4.04. The van der Waals surface area contributed by atoms with E-state index >= 15 is 0 Å². The molecule has 0 saturated heterocycles. The molecular formula is C27H34FN7. The third-order valence-corrected chi connectivity index (χ3v) is 6.08. The van der Waals surface area contributed by atoms with Crippen molar-refractivity contribution in [3.8, 4) is 0 Å². The van der Waals surface area contributed by atoms with Gasteiger partial charge in [0.05, 0.1) is 6.20 Å². The Balaban J connectivity index is 1.34. The van der Waals surface area contributed by atoms with Gasteiger partial charge in [0, 0.05) is 36.5 Å². The van der Waals surface area contributed by atoms with E-state index in [2.05, 4.69) is 34.6 Å². The number of hydrogen-bond donors (Lipinski definition) is 3. The van der Waals surface area contributed by atoms with Crippen molar-refractivity contribution in [2.45, 2.75) is 58.4 Å². The van der Waals surface area contributed by atoms with Crippen molar-refractivity contribution < 1.29 is 4.39 Å². The third-order valence-electron chi connectivity index (χ3n) is 6.08. The summed E-state index contributed by atoms with van der Waals surface area (Å²) in [4.78, 5) is 8.98. The van der Waals surface area contributed by atoms with Gasteiger partial charge in [-0.25, -0.2) is 14.4 Å². The van der Waals surface area contributed by atoms with E-state index in [0.717, 1.165) is 61.5 Å². The van der Waals surface area contributed by atoms with Gasteiger partial charge in [0.2, 0.25) is 0 Å². The molecule has 0 fully saturated rings. The van der Waals surface area contributed by atoms with E-state index < -0.39 is 0 Å². The summed E-state index contributed by atoms with van der Waals surface area (Å²) in [6.07, 6.45) is 9.23. The minimum absolute atomic E-state index is 0.223. The predicted octanol–water partition coefficient (Wildman–Crippen LogP) is 5.80. The lowest BCUT2D eigenvalue weighted by molar-refractivity contribution is 0.612. The maximum absolute atomic E-state index is 14.1. The number of aryl methyl sites for hydroxylation is 1. The van der Waals surface area contributed by atoms with E-state index in [1.165, 1.54) is 11.6 Å². The molecule has 0 amide bonds. The Morgan fingerprint density at radius 2 is 1.83 bits per heavy atom. The molecule has 0 aliphatic carbocycles. The summed E-state index contributed by atoms with van der Waals surface area (Å²) in [6, 6.07) is 12.6. The van der Waals surface area contributed by atoms with Crippen LogP contribution in [0.4, 0.5) is 21.8 Å². The van der Waals surface area contributed by atoms with Crippen LogP contribution in [0.1, 0.15) is 62.1 Å². The smallest absolute Gasteiger partial charge is 0.163 e. The van der Waals surface area contributed by atoms with Crippen LogP contribution in [-0.2, 0) is 13.0 Å². The second kappa shape index (κ2) is 11.6. The molecule has 184 valence electrons. The summed E-state index contributed by atoms with van der Waals surface area (Å²) in [7, 11) is 0. The summed E-state index contributed by atoms with van der Waals surface area (Å²) >= 11 is 0. The quantitative estimate of drug-likeness (QED) is 0.224. The van der Waals surface area contributed by atoms with Crippen LogP contribution in [0.2, 0.25) is 0 Å². The molecule has 7 nitrogen and oxygen atoms in total. The number of nitrogens with one attached hydrogen (secondary N) is 2. The Morgan fingerprint density at radius 3 is 2.60 bits per heavy atom. The molecule has 0 aliphatic heterocycles. The molecule has 0 radical (unpaired) electrons. The lowest BCUT2D eigenvalue weighted by atomic mass is 10.1. The van der Waals surface area contributed by atoms with Crippen molar-refractivity contribution in [3.05, 3.63) is 77.4 Å². The van der Waals surface area contributed by atoms with Crippen LogP contribution < -0.4 is 16.4 Å². The number of nitrogens with zero attached hydrogens (tertiary/aromatic N) is 4. The van der Waals surface area contributed by atoms with Gasteiger partial charge in [-0.3, -0.25) is 0 Å². The van der Waals surface area contributed by atoms with E-state index in [9.17, 15) is 4.39 Å². The Bertz CT molecular complexity index is 1230. The van der Waals surface area contributed by atoms with Gasteiger partial charge in [-0.05, 0) is 42.9 Å². The summed E-state index contributed by atoms with van der Waals surface area (Å²) in [5, 5.41) is 11.3. The highest BCUT2D eigenvalue weighted by atomic mass is 19.1. The first-order chi connectivity index (χ1) is 17.0. The first-order valence-corrected chi connectivity index (χ1v) is 12.3. The molecule has 3 heterocycles. The minimum Gasteiger partial charge on any atom is -0.384 e. The van der Waals surface area contributed by atoms with E-state index in [0.29, 0.717) is 23.8 Å². The number of pyridine rings is 1. The monoisotopic (exact) mass is 475 g/mol. The van der Waals surface area contributed by atoms with Crippen LogP contribution in [0.15, 0.2) is 54.9 Å². The number of nitrogen functional groups attached to an aromatic ring is 1. The zero-order valence-corrected chi connectivity index (χ0v) is 20.5. The lowest BCUT2D eigenvalue weighted by Crippen LogP contribution is -2.10. The van der Waals surface area contributed by atoms with Gasteiger partial charge in [0.1, 0.15) is 23.3 Å². The molecule has 35 heavy (non-hydrogen) atoms. The molecule has 0 saturated carbocycles. The number of unbranched alkanes of at least 4 members (excludes halogenated alkanes) is 3. The van der Waals surface area contributed by atoms with Crippen molar-refractivity contribution >= 4 is 23.1 Å². The van der Waals surface area contributed by atoms with Crippen LogP contribution in [0, 0.1) is 5.82 Å². The van der Waals surface area contributed by atoms with Gasteiger partial charge >= 0.3 is 0 Å². The van der Waals surface area contributed by atoms with Gasteiger partial charge in [-0.2, -0.15) is 9.61 Å². The third kappa shape index (κ3) is 6.47. The second-order valence-corrected chi connectivity index (χ2v) is 9.14. The average molecular weight is 476 g/mol. The standard InChI is InChI=1S/C27H34FN7/c1-19(2)22-18-33-35-26(32-17-21-10-6-7-11-23(21)28)15-25(34-27(22)35)30-14-8-4-3-5-9-20-12-13-24(29)31-16-20/h6-7,10-13,15-16,18-19,32H,3-5,8-9,14,17H2,1-2H3,(H2,29,31)(H,30,34). The molecular weight excluding hydrogens is 441 g/mol. The molecule has 0 unspecified atom stereocenters. The van der Waals surface area contributed by atoms with Crippen molar-refractivity contribution in [2.75, 3.05) is 22.9 Å². The Kier molecular flexibility index (Phi) is 8.13. The van der Waals surface area contributed by atoms with Crippen LogP contribution in [0.25, 0.3) is 5.65 Å². The summed E-state index contributed by atoms with van der Waals surface area (Å²) in [5.74, 6) is 2.22. The number of anilines is 3. The number of halogens is 1. The Labute approximate surface area is 206 Å². The van der Waals surface area contributed by atoms with Gasteiger partial charge < -0.3 is 16.4 Å². The zero-order valence-electron chi connectivity index (χ0n) is 20.5. The van der Waals surface area contributed by atoms with Gasteiger partial charge in [0.25, 0.3) is 0 Å². The van der Waals surface area contributed by atoms with E-state index in [1.54, 1.807) is 16.6 Å². The fourth-order valence-electron chi connectivity index (χ4n) is 4.04. The molecule has 0 atom stereocenters. The predicted molar refractivity (Wildman–Crippen MR) is 140 cm³/mol. The van der Waals surface area contributed by atoms with Crippen molar-refractivity contribution in [1.82, 2.24) is 19.6 Å². The number of hydrogen-bond acceptors (Lipinski definition) is 6. The number of aromatic nitrogens is 4. The average Bonchev–Trinajstić information content (AvgIpc) is 3.28. The van der Waals surface area contributed by atoms with E-state index in [1.807, 2.05) is 36.7 Å². The second-order valence-electron chi connectivity index (χ2n) is 9.14. The highest BCUT2D eigenvalue weighted by Crippen LogP contribution is 2.24. The summed E-state index contributed by atoms with van der Waals surface area (Å²) in [6.45, 7) is 5.47. The normalized spacial score (nSPS) is 11.3. The highest BCUT2D eigenvalue weighted by molar-refractivity contribution is 5.61. The molecule has 3 aromatic heterocycles. The van der Waals surface area contributed by atoms with Gasteiger partial charge in [0.15, 0.2) is 5.65 Å². The number of nitrogens with two attached hydrogens (primary N) is 1. The maximum atomic E-state index is 14.1. The molecule has 0 bridgehead atoms. The summed E-state index contributed by atoms with van der Waals surface area (Å²) in [5.41, 5.74) is 9.38. The van der Waals surface area contributed by atoms with Gasteiger partial charge in [-0.15, -0.1) is 0 Å². The van der Waals surface area contributed by atoms with Crippen molar-refractivity contribution in [3.63, 3.8) is 0 Å². The minimum atomic E-state index is -0.223. The lowest BCUT2D eigenvalue weighted by Gasteiger charge is -2.13. The molecule has 4 N–H and O–H groups in total. The van der Waals surface area contributed by atoms with Crippen LogP contribution in [0.5, 0.6) is 0 Å². The molecule has 0 spiro atoms. The van der Waals surface area contributed by atoms with Gasteiger partial charge in [-0.1, -0.05) is 51.0 Å². The van der Waals surface area contributed by atoms with Crippen LogP contribution in [0.3, 0.4) is 0 Å². The van der Waals surface area contributed by atoms with Crippen molar-refractivity contribution in [1.29, 1.82) is 0 Å². The topological polar surface area (TPSA) is 93.2 Å². The molecule has 0 aliphatic rings. The molecule has 8 heteroatoms. The SMILES string of the molecule is CC(C)c1cnn2c(NCc3ccccc3F)cc(NCCCCCCc3ccc(N)nc3)nc12. The molecule has 4 rings (SSSR count). The van der Waals surface area contributed by atoms with E-state index in [-0.39, 0.29) is 5.82 Å². The van der Waals surface area contributed by atoms with Crippen LogP contribution in [-0.4, -0.2) is 26.1 Å². The number of benzene rings is 1. The zero-order chi connectivity index (χ0) is 24.6. The highest BCUT2D eigenvalue weighted by Gasteiger charge is 2.14. The molecule has 1 aromatic carbocycles. The summed E-state index contributed by atoms with van der Waals surface area (Å²) < 4.78 is 15.9. The molecule has 4 aromatic rings. The van der Waals surface area contributed by atoms with Crippen LogP contribution >= 0.6 is 0 Å². The van der Waals surface area contributed by atoms with E-state index in [4.69, 9.17) is 10.7 Å². The fraction of sp³-hybridized carbons (Fsp3) is 0.370. The van der Waals surface area contributed by atoms with Crippen molar-refractivity contribution in [2.24, 2.45) is 0 Å². The first kappa shape index (κ1) is 24.4. The number of fused-ring (bicyclic) bond motifs is 1. The first-order valence-electron chi connectivity index (χ1n) is 12.3. The Morgan fingerprint density at radius 1 is 1.00 bits per heavy atom. The number of rotatable bonds is 12. The maximum Gasteiger partial charge on any atom is 0.163 e. The Hall–Kier alpha value is -3.68.